The molecule has 0 aliphatic rings. The van der Waals surface area contributed by atoms with Crippen molar-refractivity contribution in [3.05, 3.63) is 29.8 Å². The number of oxime groups is 1. The minimum atomic E-state index is -4.54. The lowest BCUT2D eigenvalue weighted by Gasteiger charge is -2.12. The van der Waals surface area contributed by atoms with E-state index in [1.54, 1.807) is 5.32 Å². The maximum atomic E-state index is 12.2. The van der Waals surface area contributed by atoms with Crippen LogP contribution in [0.15, 0.2) is 29.4 Å². The van der Waals surface area contributed by atoms with Gasteiger partial charge < -0.3 is 14.9 Å². The van der Waals surface area contributed by atoms with Crippen LogP contribution in [0.4, 0.5) is 22.0 Å². The van der Waals surface area contributed by atoms with Crippen LogP contribution in [0.1, 0.15) is 12.5 Å². The van der Waals surface area contributed by atoms with Crippen LogP contribution in [0.5, 0.6) is 5.75 Å². The van der Waals surface area contributed by atoms with E-state index < -0.39 is 31.3 Å². The summed E-state index contributed by atoms with van der Waals surface area (Å²) in [5, 5.41) is 5.00. The number of para-hydroxylation sites is 1. The normalized spacial score (nSPS) is 13.2. The van der Waals surface area contributed by atoms with Crippen molar-refractivity contribution in [3.8, 4) is 5.75 Å². The maximum Gasteiger partial charge on any atom is 0.405 e. The second-order valence-corrected chi connectivity index (χ2v) is 4.23. The van der Waals surface area contributed by atoms with Gasteiger partial charge in [-0.15, -0.1) is 0 Å². The van der Waals surface area contributed by atoms with Crippen molar-refractivity contribution in [3.63, 3.8) is 0 Å². The number of nitrogens with one attached hydrogen (secondary N) is 1. The Hall–Kier alpha value is -2.39. The fraction of sp³-hybridized carbons (Fsp3) is 0.385. The number of carbonyl (C=O) groups excluding carboxylic acids is 1. The summed E-state index contributed by atoms with van der Waals surface area (Å²) in [6.45, 7) is -3.34. The minimum absolute atomic E-state index is 0.149. The van der Waals surface area contributed by atoms with Gasteiger partial charge in [-0.1, -0.05) is 17.3 Å². The number of ether oxygens (including phenoxy) is 1. The third-order valence-corrected chi connectivity index (χ3v) is 2.38. The predicted octanol–water partition coefficient (Wildman–Crippen LogP) is 2.71. The number of carbonyl (C=O) groups is 1. The van der Waals surface area contributed by atoms with Crippen molar-refractivity contribution in [2.45, 2.75) is 25.8 Å². The van der Waals surface area contributed by atoms with Gasteiger partial charge in [0.25, 0.3) is 5.91 Å². The number of halogens is 5. The summed E-state index contributed by atoms with van der Waals surface area (Å²) < 4.78 is 64.5. The fourth-order valence-electron chi connectivity index (χ4n) is 1.35. The lowest BCUT2D eigenvalue weighted by molar-refractivity contribution is -0.144. The highest BCUT2D eigenvalue weighted by molar-refractivity contribution is 5.83. The quantitative estimate of drug-likeness (QED) is 0.472. The Bertz CT molecular complexity index is 549. The van der Waals surface area contributed by atoms with Gasteiger partial charge in [0.2, 0.25) is 6.10 Å². The average molecular weight is 340 g/mol. The summed E-state index contributed by atoms with van der Waals surface area (Å²) in [7, 11) is 0. The number of alkyl halides is 5. The number of hydrogen-bond donors (Lipinski definition) is 1. The molecule has 0 aliphatic carbocycles. The summed E-state index contributed by atoms with van der Waals surface area (Å²) in [6.07, 6.45) is -4.83. The van der Waals surface area contributed by atoms with Gasteiger partial charge in [0, 0.05) is 5.56 Å². The van der Waals surface area contributed by atoms with E-state index >= 15 is 0 Å². The number of hydrogen-bond acceptors (Lipinski definition) is 4. The highest BCUT2D eigenvalue weighted by Gasteiger charge is 2.29. The zero-order valence-electron chi connectivity index (χ0n) is 11.8. The molecule has 0 aliphatic heterocycles. The Balaban J connectivity index is 2.57. The van der Waals surface area contributed by atoms with E-state index in [4.69, 9.17) is 0 Å². The smallest absolute Gasteiger partial charge is 0.405 e. The molecule has 1 unspecified atom stereocenters. The maximum absolute atomic E-state index is 12.2. The van der Waals surface area contributed by atoms with Crippen LogP contribution in [0.2, 0.25) is 0 Å². The summed E-state index contributed by atoms with van der Waals surface area (Å²) in [4.78, 5) is 16.0. The van der Waals surface area contributed by atoms with Gasteiger partial charge in [0.15, 0.2) is 0 Å². The van der Waals surface area contributed by atoms with E-state index in [0.29, 0.717) is 0 Å². The van der Waals surface area contributed by atoms with Crippen molar-refractivity contribution in [1.82, 2.24) is 5.32 Å². The minimum Gasteiger partial charge on any atom is -0.434 e. The van der Waals surface area contributed by atoms with E-state index in [1.165, 1.54) is 31.2 Å². The van der Waals surface area contributed by atoms with Crippen LogP contribution in [-0.4, -0.2) is 37.6 Å². The molecule has 128 valence electrons. The second-order valence-electron chi connectivity index (χ2n) is 4.23. The van der Waals surface area contributed by atoms with Gasteiger partial charge in [0.1, 0.15) is 12.3 Å². The molecular weight excluding hydrogens is 327 g/mol. The van der Waals surface area contributed by atoms with Crippen LogP contribution >= 0.6 is 0 Å². The largest absolute Gasteiger partial charge is 0.434 e. The molecule has 10 heteroatoms. The van der Waals surface area contributed by atoms with Crippen molar-refractivity contribution in [1.29, 1.82) is 0 Å². The third kappa shape index (κ3) is 7.43. The van der Waals surface area contributed by atoms with Gasteiger partial charge >= 0.3 is 12.8 Å². The molecule has 23 heavy (non-hydrogen) atoms. The van der Waals surface area contributed by atoms with E-state index in [0.717, 1.165) is 6.21 Å². The van der Waals surface area contributed by atoms with Crippen LogP contribution in [0, 0.1) is 0 Å². The Morgan fingerprint density at radius 1 is 1.35 bits per heavy atom. The highest BCUT2D eigenvalue weighted by atomic mass is 19.4. The zero-order valence-corrected chi connectivity index (χ0v) is 11.8. The number of amides is 1. The van der Waals surface area contributed by atoms with E-state index in [-0.39, 0.29) is 11.3 Å². The van der Waals surface area contributed by atoms with Gasteiger partial charge in [-0.25, -0.2) is 0 Å². The average Bonchev–Trinajstić information content (AvgIpc) is 2.45. The monoisotopic (exact) mass is 340 g/mol. The van der Waals surface area contributed by atoms with Gasteiger partial charge in [-0.05, 0) is 19.1 Å². The van der Waals surface area contributed by atoms with E-state index in [9.17, 15) is 26.7 Å². The molecule has 5 nitrogen and oxygen atoms in total. The first-order valence-corrected chi connectivity index (χ1v) is 6.26. The standard InChI is InChI=1S/C13H13F5N2O3/c1-8(11(21)19-7-13(16,17)18)23-20-6-9-4-2-3-5-10(9)22-12(14)15/h2-6,8,12H,7H2,1H3,(H,19,21)/b20-6+. The molecular formula is C13H13F5N2O3. The SMILES string of the molecule is CC(O/N=C/c1ccccc1OC(F)F)C(=O)NCC(F)(F)F. The second kappa shape index (κ2) is 8.30. The molecule has 1 aromatic carbocycles. The number of benzene rings is 1. The Kier molecular flexibility index (Phi) is 6.73. The first-order chi connectivity index (χ1) is 10.7. The summed E-state index contributed by atoms with van der Waals surface area (Å²) >= 11 is 0. The van der Waals surface area contributed by atoms with Crippen LogP contribution in [0.3, 0.4) is 0 Å². The summed E-state index contributed by atoms with van der Waals surface area (Å²) in [6, 6.07) is 5.66. The first kappa shape index (κ1) is 18.7. The molecule has 0 heterocycles. The van der Waals surface area contributed by atoms with Crippen molar-refractivity contribution in [2.75, 3.05) is 6.54 Å². The molecule has 0 radical (unpaired) electrons. The topological polar surface area (TPSA) is 59.9 Å². The summed E-state index contributed by atoms with van der Waals surface area (Å²) in [5.74, 6) is -1.18. The van der Waals surface area contributed by atoms with Crippen LogP contribution in [-0.2, 0) is 9.63 Å². The molecule has 1 aromatic rings. The molecule has 1 atom stereocenters. The van der Waals surface area contributed by atoms with Crippen molar-refractivity contribution >= 4 is 12.1 Å². The molecule has 0 saturated heterocycles. The molecule has 0 fully saturated rings. The van der Waals surface area contributed by atoms with Crippen LogP contribution in [0.25, 0.3) is 0 Å². The molecule has 1 rings (SSSR count). The zero-order chi connectivity index (χ0) is 17.5. The molecule has 0 spiro atoms. The molecule has 0 saturated carbocycles. The molecule has 1 amide bonds. The van der Waals surface area contributed by atoms with Gasteiger partial charge in [-0.2, -0.15) is 22.0 Å². The number of nitrogens with zero attached hydrogens (tertiary/aromatic N) is 1. The third-order valence-electron chi connectivity index (χ3n) is 2.38. The van der Waals surface area contributed by atoms with Crippen LogP contribution < -0.4 is 10.1 Å². The predicted molar refractivity (Wildman–Crippen MR) is 70.3 cm³/mol. The lowest BCUT2D eigenvalue weighted by atomic mass is 10.2. The highest BCUT2D eigenvalue weighted by Crippen LogP contribution is 2.18. The van der Waals surface area contributed by atoms with Gasteiger partial charge in [0.05, 0.1) is 6.21 Å². The van der Waals surface area contributed by atoms with Gasteiger partial charge in [-0.3, -0.25) is 4.79 Å². The van der Waals surface area contributed by atoms with E-state index in [1.807, 2.05) is 0 Å². The Morgan fingerprint density at radius 2 is 2.00 bits per heavy atom. The fourth-order valence-corrected chi connectivity index (χ4v) is 1.35. The number of rotatable bonds is 7. The van der Waals surface area contributed by atoms with Crippen molar-refractivity contribution in [2.24, 2.45) is 5.16 Å². The molecule has 0 bridgehead atoms. The van der Waals surface area contributed by atoms with E-state index in [2.05, 4.69) is 14.7 Å². The molecule has 0 aromatic heterocycles. The van der Waals surface area contributed by atoms with Crippen molar-refractivity contribution < 1.29 is 36.3 Å². The Morgan fingerprint density at radius 3 is 2.61 bits per heavy atom. The summed E-state index contributed by atoms with van der Waals surface area (Å²) in [5.41, 5.74) is 0.149. The lowest BCUT2D eigenvalue weighted by Crippen LogP contribution is -2.39. The molecule has 1 N–H and O–H groups in total. The first-order valence-electron chi connectivity index (χ1n) is 6.26. The Labute approximate surface area is 128 Å².